The van der Waals surface area contributed by atoms with Gasteiger partial charge in [0.2, 0.25) is 5.91 Å². The van der Waals surface area contributed by atoms with Crippen molar-refractivity contribution in [3.05, 3.63) is 57.2 Å². The molecule has 0 saturated carbocycles. The first-order chi connectivity index (χ1) is 9.61. The van der Waals surface area contributed by atoms with Gasteiger partial charge in [-0.1, -0.05) is 29.8 Å². The number of thiophene rings is 1. The largest absolute Gasteiger partial charge is 0.337 e. The Morgan fingerprint density at radius 2 is 2.20 bits per heavy atom. The molecular weight excluding hydrogens is 292 g/mol. The summed E-state index contributed by atoms with van der Waals surface area (Å²) in [5, 5.41) is 2.60. The second-order valence-corrected chi connectivity index (χ2v) is 5.89. The van der Waals surface area contributed by atoms with Crippen molar-refractivity contribution in [3.63, 3.8) is 0 Å². The minimum Gasteiger partial charge on any atom is -0.337 e. The van der Waals surface area contributed by atoms with Crippen molar-refractivity contribution in [2.75, 3.05) is 6.54 Å². The molecule has 2 rings (SSSR count). The lowest BCUT2D eigenvalue weighted by atomic mass is 10.1. The van der Waals surface area contributed by atoms with Gasteiger partial charge in [-0.2, -0.15) is 0 Å². The number of halogens is 1. The summed E-state index contributed by atoms with van der Waals surface area (Å²) in [6.45, 7) is 3.09. The number of nitrogens with two attached hydrogens (primary N) is 1. The van der Waals surface area contributed by atoms with Crippen LogP contribution in [0, 0.1) is 0 Å². The van der Waals surface area contributed by atoms with Crippen LogP contribution in [0.15, 0.2) is 41.8 Å². The molecular formula is C15H17ClN2OS. The summed E-state index contributed by atoms with van der Waals surface area (Å²) in [7, 11) is 0. The van der Waals surface area contributed by atoms with E-state index in [1.807, 2.05) is 48.7 Å². The molecule has 20 heavy (non-hydrogen) atoms. The monoisotopic (exact) mass is 308 g/mol. The van der Waals surface area contributed by atoms with E-state index in [9.17, 15) is 4.79 Å². The molecule has 0 saturated heterocycles. The van der Waals surface area contributed by atoms with Crippen LogP contribution >= 0.6 is 22.9 Å². The minimum absolute atomic E-state index is 0.0603. The van der Waals surface area contributed by atoms with Gasteiger partial charge in [0.1, 0.15) is 6.04 Å². The molecule has 2 aromatic rings. The molecule has 0 aliphatic heterocycles. The topological polar surface area (TPSA) is 46.3 Å². The van der Waals surface area contributed by atoms with E-state index in [-0.39, 0.29) is 5.91 Å². The van der Waals surface area contributed by atoms with Crippen molar-refractivity contribution in [3.8, 4) is 0 Å². The molecule has 3 nitrogen and oxygen atoms in total. The number of likely N-dealkylation sites (N-methyl/N-ethyl adjacent to an activating group) is 1. The summed E-state index contributed by atoms with van der Waals surface area (Å²) in [5.74, 6) is -0.0603. The van der Waals surface area contributed by atoms with Crippen LogP contribution in [0.25, 0.3) is 0 Å². The molecule has 2 N–H and O–H groups in total. The fourth-order valence-electron chi connectivity index (χ4n) is 1.99. The van der Waals surface area contributed by atoms with Crippen LogP contribution in [0.2, 0.25) is 5.02 Å². The fraction of sp³-hybridized carbons (Fsp3) is 0.267. The lowest BCUT2D eigenvalue weighted by Crippen LogP contribution is -2.37. The molecule has 0 spiro atoms. The Bertz CT molecular complexity index is 571. The van der Waals surface area contributed by atoms with Crippen molar-refractivity contribution >= 4 is 28.8 Å². The highest BCUT2D eigenvalue weighted by Gasteiger charge is 2.22. The van der Waals surface area contributed by atoms with E-state index >= 15 is 0 Å². The summed E-state index contributed by atoms with van der Waals surface area (Å²) in [5.41, 5.74) is 7.04. The second kappa shape index (κ2) is 6.88. The molecule has 1 unspecified atom stereocenters. The zero-order valence-corrected chi connectivity index (χ0v) is 12.8. The zero-order valence-electron chi connectivity index (χ0n) is 11.3. The maximum absolute atomic E-state index is 12.4. The van der Waals surface area contributed by atoms with Gasteiger partial charge < -0.3 is 10.6 Å². The summed E-state index contributed by atoms with van der Waals surface area (Å²) < 4.78 is 0. The Morgan fingerprint density at radius 1 is 1.40 bits per heavy atom. The molecule has 0 bridgehead atoms. The number of rotatable bonds is 5. The predicted octanol–water partition coefficient (Wildman–Crippen LogP) is 3.45. The number of carbonyl (C=O) groups is 1. The van der Waals surface area contributed by atoms with Crippen LogP contribution in [-0.2, 0) is 11.3 Å². The van der Waals surface area contributed by atoms with Crippen LogP contribution in [0.1, 0.15) is 23.4 Å². The molecule has 0 fully saturated rings. The summed E-state index contributed by atoms with van der Waals surface area (Å²) >= 11 is 7.47. The summed E-state index contributed by atoms with van der Waals surface area (Å²) in [6, 6.07) is 10.7. The molecule has 0 radical (unpaired) electrons. The SMILES string of the molecule is CCN(Cc1cccc(Cl)c1)C(=O)C(N)c1cccs1. The lowest BCUT2D eigenvalue weighted by Gasteiger charge is -2.24. The van der Waals surface area contributed by atoms with Gasteiger partial charge in [0.15, 0.2) is 0 Å². The number of hydrogen-bond donors (Lipinski definition) is 1. The maximum Gasteiger partial charge on any atom is 0.245 e. The number of carbonyl (C=O) groups excluding carboxylic acids is 1. The second-order valence-electron chi connectivity index (χ2n) is 4.48. The third-order valence-corrected chi connectivity index (χ3v) is 4.26. The van der Waals surface area contributed by atoms with Crippen LogP contribution in [0.3, 0.4) is 0 Å². The van der Waals surface area contributed by atoms with E-state index < -0.39 is 6.04 Å². The van der Waals surface area contributed by atoms with Crippen LogP contribution in [0.5, 0.6) is 0 Å². The Balaban J connectivity index is 2.10. The molecule has 0 aliphatic carbocycles. The Hall–Kier alpha value is -1.36. The number of hydrogen-bond acceptors (Lipinski definition) is 3. The number of amides is 1. The van der Waals surface area contributed by atoms with Gasteiger partial charge in [0.25, 0.3) is 0 Å². The lowest BCUT2D eigenvalue weighted by molar-refractivity contribution is -0.133. The van der Waals surface area contributed by atoms with Crippen molar-refractivity contribution in [1.82, 2.24) is 4.90 Å². The molecule has 1 aromatic heterocycles. The highest BCUT2D eigenvalue weighted by molar-refractivity contribution is 7.10. The van der Waals surface area contributed by atoms with Gasteiger partial charge in [-0.3, -0.25) is 4.79 Å². The molecule has 1 aromatic carbocycles. The Labute approximate surface area is 128 Å². The maximum atomic E-state index is 12.4. The average molecular weight is 309 g/mol. The normalized spacial score (nSPS) is 12.2. The number of benzene rings is 1. The van der Waals surface area contributed by atoms with Gasteiger partial charge in [-0.25, -0.2) is 0 Å². The third-order valence-electron chi connectivity index (χ3n) is 3.07. The smallest absolute Gasteiger partial charge is 0.245 e. The standard InChI is InChI=1S/C15H17ClN2OS/c1-2-18(10-11-5-3-6-12(16)9-11)15(19)14(17)13-7-4-8-20-13/h3-9,14H,2,10,17H2,1H3. The van der Waals surface area contributed by atoms with Crippen LogP contribution in [0.4, 0.5) is 0 Å². The molecule has 0 aliphatic rings. The van der Waals surface area contributed by atoms with Gasteiger partial charge in [0, 0.05) is 23.0 Å². The van der Waals surface area contributed by atoms with Crippen molar-refractivity contribution in [1.29, 1.82) is 0 Å². The van der Waals surface area contributed by atoms with Crippen molar-refractivity contribution in [2.24, 2.45) is 5.73 Å². The highest BCUT2D eigenvalue weighted by atomic mass is 35.5. The summed E-state index contributed by atoms with van der Waals surface area (Å²) in [4.78, 5) is 15.1. The van der Waals surface area contributed by atoms with Gasteiger partial charge in [-0.15, -0.1) is 11.3 Å². The Kier molecular flexibility index (Phi) is 5.17. The first kappa shape index (κ1) is 15.0. The summed E-state index contributed by atoms with van der Waals surface area (Å²) in [6.07, 6.45) is 0. The number of nitrogens with zero attached hydrogens (tertiary/aromatic N) is 1. The van der Waals surface area contributed by atoms with Crippen molar-refractivity contribution < 1.29 is 4.79 Å². The van der Waals surface area contributed by atoms with Gasteiger partial charge in [-0.05, 0) is 36.1 Å². The minimum atomic E-state index is -0.589. The first-order valence-corrected chi connectivity index (χ1v) is 7.69. The van der Waals surface area contributed by atoms with E-state index in [2.05, 4.69) is 0 Å². The fourth-order valence-corrected chi connectivity index (χ4v) is 2.92. The molecule has 1 heterocycles. The van der Waals surface area contributed by atoms with E-state index in [1.54, 1.807) is 4.90 Å². The molecule has 1 amide bonds. The van der Waals surface area contributed by atoms with Crippen LogP contribution < -0.4 is 5.73 Å². The first-order valence-electron chi connectivity index (χ1n) is 6.44. The third kappa shape index (κ3) is 3.60. The van der Waals surface area contributed by atoms with Crippen LogP contribution in [-0.4, -0.2) is 17.4 Å². The van der Waals surface area contributed by atoms with E-state index in [4.69, 9.17) is 17.3 Å². The molecule has 106 valence electrons. The van der Waals surface area contributed by atoms with E-state index in [1.165, 1.54) is 11.3 Å². The average Bonchev–Trinajstić information content (AvgIpc) is 2.97. The van der Waals surface area contributed by atoms with E-state index in [0.29, 0.717) is 18.1 Å². The highest BCUT2D eigenvalue weighted by Crippen LogP contribution is 2.20. The van der Waals surface area contributed by atoms with Gasteiger partial charge >= 0.3 is 0 Å². The quantitative estimate of drug-likeness (QED) is 0.919. The van der Waals surface area contributed by atoms with Crippen molar-refractivity contribution in [2.45, 2.75) is 19.5 Å². The molecule has 1 atom stereocenters. The predicted molar refractivity (Wildman–Crippen MR) is 83.8 cm³/mol. The van der Waals surface area contributed by atoms with E-state index in [0.717, 1.165) is 10.4 Å². The Morgan fingerprint density at radius 3 is 2.80 bits per heavy atom. The molecule has 5 heteroatoms. The zero-order chi connectivity index (χ0) is 14.5. The van der Waals surface area contributed by atoms with Gasteiger partial charge in [0.05, 0.1) is 0 Å².